The van der Waals surface area contributed by atoms with E-state index in [1.807, 2.05) is 0 Å². The van der Waals surface area contributed by atoms with Crippen LogP contribution in [0.3, 0.4) is 0 Å². The highest BCUT2D eigenvalue weighted by atomic mass is 35.5. The third-order valence-corrected chi connectivity index (χ3v) is 4.56. The highest BCUT2D eigenvalue weighted by molar-refractivity contribution is 6.31. The Balaban J connectivity index is 1.80. The normalized spacial score (nSPS) is 16.3. The number of fused-ring (bicyclic) bond motifs is 1. The summed E-state index contributed by atoms with van der Waals surface area (Å²) >= 11 is 6.05. The Hall–Kier alpha value is -2.54. The zero-order valence-corrected chi connectivity index (χ0v) is 15.3. The first kappa shape index (κ1) is 18.3. The number of hydrogen-bond acceptors (Lipinski definition) is 4. The SMILES string of the molecule is CN1CCCCN(C(=O)c2ccn[nH]2)CCOc2ccc(Cl)cc2C1=O. The van der Waals surface area contributed by atoms with E-state index in [0.29, 0.717) is 41.7 Å². The second-order valence-electron chi connectivity index (χ2n) is 6.19. The lowest BCUT2D eigenvalue weighted by Gasteiger charge is -2.25. The minimum Gasteiger partial charge on any atom is -0.491 e. The summed E-state index contributed by atoms with van der Waals surface area (Å²) < 4.78 is 5.81. The van der Waals surface area contributed by atoms with Crippen LogP contribution in [0.2, 0.25) is 5.02 Å². The fourth-order valence-electron chi connectivity index (χ4n) is 2.88. The molecule has 0 radical (unpaired) electrons. The Morgan fingerprint density at radius 1 is 1.23 bits per heavy atom. The van der Waals surface area contributed by atoms with Crippen molar-refractivity contribution in [1.82, 2.24) is 20.0 Å². The molecule has 2 heterocycles. The number of aromatic amines is 1. The molecule has 0 saturated heterocycles. The number of hydrogen-bond donors (Lipinski definition) is 1. The first-order valence-electron chi connectivity index (χ1n) is 8.52. The van der Waals surface area contributed by atoms with Crippen LogP contribution >= 0.6 is 11.6 Å². The van der Waals surface area contributed by atoms with Crippen LogP contribution in [0.25, 0.3) is 0 Å². The minimum absolute atomic E-state index is 0.107. The van der Waals surface area contributed by atoms with Gasteiger partial charge in [-0.2, -0.15) is 5.10 Å². The molecule has 1 aromatic heterocycles. The summed E-state index contributed by atoms with van der Waals surface area (Å²) in [4.78, 5) is 28.6. The molecule has 0 spiro atoms. The van der Waals surface area contributed by atoms with Gasteiger partial charge in [0.2, 0.25) is 0 Å². The van der Waals surface area contributed by atoms with Crippen molar-refractivity contribution in [3.05, 3.63) is 46.7 Å². The molecule has 1 aromatic carbocycles. The number of nitrogens with zero attached hydrogens (tertiary/aromatic N) is 3. The van der Waals surface area contributed by atoms with Gasteiger partial charge in [0.1, 0.15) is 18.1 Å². The van der Waals surface area contributed by atoms with E-state index in [0.717, 1.165) is 12.8 Å². The largest absolute Gasteiger partial charge is 0.491 e. The number of aromatic nitrogens is 2. The molecule has 26 heavy (non-hydrogen) atoms. The van der Waals surface area contributed by atoms with E-state index >= 15 is 0 Å². The number of ether oxygens (including phenoxy) is 1. The van der Waals surface area contributed by atoms with Crippen molar-refractivity contribution in [2.24, 2.45) is 0 Å². The van der Waals surface area contributed by atoms with Crippen LogP contribution in [-0.2, 0) is 0 Å². The van der Waals surface area contributed by atoms with Crippen molar-refractivity contribution < 1.29 is 14.3 Å². The molecule has 1 aliphatic heterocycles. The summed E-state index contributed by atoms with van der Waals surface area (Å²) in [5.41, 5.74) is 0.892. The van der Waals surface area contributed by atoms with E-state index in [1.54, 1.807) is 47.3 Å². The maximum atomic E-state index is 12.6. The van der Waals surface area contributed by atoms with Crippen molar-refractivity contribution in [2.75, 3.05) is 33.3 Å². The van der Waals surface area contributed by atoms with Gasteiger partial charge in [-0.25, -0.2) is 0 Å². The van der Waals surface area contributed by atoms with Crippen LogP contribution in [0.4, 0.5) is 0 Å². The average Bonchev–Trinajstić information content (AvgIpc) is 3.17. The van der Waals surface area contributed by atoms with Gasteiger partial charge < -0.3 is 14.5 Å². The van der Waals surface area contributed by atoms with E-state index in [4.69, 9.17) is 16.3 Å². The van der Waals surface area contributed by atoms with Crippen LogP contribution in [0.15, 0.2) is 30.5 Å². The first-order valence-corrected chi connectivity index (χ1v) is 8.90. The van der Waals surface area contributed by atoms with Crippen LogP contribution in [-0.4, -0.2) is 65.1 Å². The van der Waals surface area contributed by atoms with Crippen LogP contribution in [0.5, 0.6) is 5.75 Å². The third kappa shape index (κ3) is 4.16. The molecule has 2 aromatic rings. The average molecular weight is 377 g/mol. The monoisotopic (exact) mass is 376 g/mol. The van der Waals surface area contributed by atoms with Crippen molar-refractivity contribution in [2.45, 2.75) is 12.8 Å². The number of rotatable bonds is 1. The molecule has 1 aliphatic rings. The lowest BCUT2D eigenvalue weighted by atomic mass is 10.1. The van der Waals surface area contributed by atoms with E-state index in [2.05, 4.69) is 10.2 Å². The van der Waals surface area contributed by atoms with Gasteiger partial charge in [-0.3, -0.25) is 14.7 Å². The molecule has 0 saturated carbocycles. The topological polar surface area (TPSA) is 78.5 Å². The Morgan fingerprint density at radius 2 is 2.04 bits per heavy atom. The Bertz CT molecular complexity index is 779. The van der Waals surface area contributed by atoms with Gasteiger partial charge in [-0.15, -0.1) is 0 Å². The molecule has 0 aliphatic carbocycles. The summed E-state index contributed by atoms with van der Waals surface area (Å²) in [6.07, 6.45) is 3.15. The quantitative estimate of drug-likeness (QED) is 0.829. The Labute approximate surface area is 156 Å². The van der Waals surface area contributed by atoms with Gasteiger partial charge in [-0.05, 0) is 37.1 Å². The minimum atomic E-state index is -0.117. The molecular weight excluding hydrogens is 356 g/mol. The van der Waals surface area contributed by atoms with Crippen LogP contribution in [0, 0.1) is 0 Å². The fraction of sp³-hybridized carbons (Fsp3) is 0.389. The molecule has 8 heteroatoms. The molecule has 3 rings (SSSR count). The van der Waals surface area contributed by atoms with E-state index in [9.17, 15) is 9.59 Å². The number of halogens is 1. The Morgan fingerprint density at radius 3 is 2.81 bits per heavy atom. The summed E-state index contributed by atoms with van der Waals surface area (Å²) in [5, 5.41) is 7.03. The van der Waals surface area contributed by atoms with Crippen molar-refractivity contribution >= 4 is 23.4 Å². The van der Waals surface area contributed by atoms with Crippen molar-refractivity contribution in [3.8, 4) is 5.75 Å². The fourth-order valence-corrected chi connectivity index (χ4v) is 3.05. The zero-order chi connectivity index (χ0) is 18.5. The molecule has 138 valence electrons. The second kappa shape index (κ2) is 8.23. The number of benzene rings is 1. The van der Waals surface area contributed by atoms with Crippen LogP contribution < -0.4 is 4.74 Å². The Kier molecular flexibility index (Phi) is 5.78. The molecule has 0 bridgehead atoms. The van der Waals surface area contributed by atoms with Crippen molar-refractivity contribution in [3.63, 3.8) is 0 Å². The molecule has 2 amide bonds. The second-order valence-corrected chi connectivity index (χ2v) is 6.62. The highest BCUT2D eigenvalue weighted by Crippen LogP contribution is 2.24. The summed E-state index contributed by atoms with van der Waals surface area (Å²) in [6, 6.07) is 6.65. The predicted molar refractivity (Wildman–Crippen MR) is 97.6 cm³/mol. The van der Waals surface area contributed by atoms with Gasteiger partial charge in [-0.1, -0.05) is 11.6 Å². The van der Waals surface area contributed by atoms with Crippen LogP contribution in [0.1, 0.15) is 33.7 Å². The van der Waals surface area contributed by atoms with E-state index in [-0.39, 0.29) is 18.4 Å². The van der Waals surface area contributed by atoms with Gasteiger partial charge in [0, 0.05) is 31.4 Å². The highest BCUT2D eigenvalue weighted by Gasteiger charge is 2.21. The maximum absolute atomic E-state index is 12.6. The summed E-state index contributed by atoms with van der Waals surface area (Å²) in [5.74, 6) is 0.248. The summed E-state index contributed by atoms with van der Waals surface area (Å²) in [7, 11) is 1.76. The number of carbonyl (C=O) groups excluding carboxylic acids is 2. The standard InChI is InChI=1S/C18H21ClN4O3/c1-22-8-2-3-9-23(18(25)15-6-7-20-21-15)10-11-26-16-5-4-13(19)12-14(16)17(22)24/h4-7,12H,2-3,8-11H2,1H3,(H,20,21). The third-order valence-electron chi connectivity index (χ3n) is 4.33. The molecule has 0 unspecified atom stereocenters. The van der Waals surface area contributed by atoms with Gasteiger partial charge in [0.05, 0.1) is 12.1 Å². The maximum Gasteiger partial charge on any atom is 0.271 e. The number of nitrogens with one attached hydrogen (secondary N) is 1. The molecule has 0 fully saturated rings. The lowest BCUT2D eigenvalue weighted by Crippen LogP contribution is -2.37. The van der Waals surface area contributed by atoms with E-state index in [1.165, 1.54) is 0 Å². The van der Waals surface area contributed by atoms with Gasteiger partial charge in [0.15, 0.2) is 0 Å². The smallest absolute Gasteiger partial charge is 0.271 e. The predicted octanol–water partition coefficient (Wildman–Crippen LogP) is 2.45. The summed E-state index contributed by atoms with van der Waals surface area (Å²) in [6.45, 7) is 1.89. The molecule has 7 nitrogen and oxygen atoms in total. The molecule has 1 N–H and O–H groups in total. The molecule has 0 atom stereocenters. The first-order chi connectivity index (χ1) is 12.6. The van der Waals surface area contributed by atoms with Gasteiger partial charge >= 0.3 is 0 Å². The number of H-pyrrole nitrogens is 1. The van der Waals surface area contributed by atoms with Gasteiger partial charge in [0.25, 0.3) is 11.8 Å². The van der Waals surface area contributed by atoms with E-state index < -0.39 is 0 Å². The van der Waals surface area contributed by atoms with Crippen molar-refractivity contribution in [1.29, 1.82) is 0 Å². The lowest BCUT2D eigenvalue weighted by molar-refractivity contribution is 0.0699. The molecular formula is C18H21ClN4O3. The number of amides is 2. The number of carbonyl (C=O) groups is 2. The zero-order valence-electron chi connectivity index (χ0n) is 14.6.